The van der Waals surface area contributed by atoms with E-state index in [0.29, 0.717) is 0 Å². The van der Waals surface area contributed by atoms with Gasteiger partial charge in [-0.3, -0.25) is 0 Å². The van der Waals surface area contributed by atoms with Gasteiger partial charge in [0.05, 0.1) is 39.1 Å². The number of hydrogen-bond donors (Lipinski definition) is 0. The lowest BCUT2D eigenvalue weighted by Crippen LogP contribution is -1.99. The van der Waals surface area contributed by atoms with E-state index >= 15 is 0 Å². The van der Waals surface area contributed by atoms with Crippen molar-refractivity contribution >= 4 is 65.2 Å². The van der Waals surface area contributed by atoms with Crippen molar-refractivity contribution in [3.05, 3.63) is 188 Å². The first-order chi connectivity index (χ1) is 26.3. The molecule has 2 heterocycles. The Bertz CT molecular complexity index is 3140. The fourth-order valence-electron chi connectivity index (χ4n) is 8.36. The van der Waals surface area contributed by atoms with Crippen LogP contribution in [0.5, 0.6) is 0 Å². The Kier molecular flexibility index (Phi) is 6.55. The smallest absolute Gasteiger partial charge is 0.0979 e. The highest BCUT2D eigenvalue weighted by Crippen LogP contribution is 2.43. The van der Waals surface area contributed by atoms with Gasteiger partial charge in [0.15, 0.2) is 0 Å². The molecular formula is C50H31N3. The van der Waals surface area contributed by atoms with Crippen molar-refractivity contribution in [1.82, 2.24) is 14.5 Å². The van der Waals surface area contributed by atoms with E-state index in [2.05, 4.69) is 174 Å². The second-order valence-corrected chi connectivity index (χ2v) is 13.7. The van der Waals surface area contributed by atoms with Gasteiger partial charge in [0.1, 0.15) is 0 Å². The van der Waals surface area contributed by atoms with E-state index < -0.39 is 0 Å². The van der Waals surface area contributed by atoms with Crippen LogP contribution in [0.4, 0.5) is 0 Å². The highest BCUT2D eigenvalue weighted by molar-refractivity contribution is 6.29. The van der Waals surface area contributed by atoms with Crippen LogP contribution >= 0.6 is 0 Å². The molecule has 3 heteroatoms. The Labute approximate surface area is 306 Å². The van der Waals surface area contributed by atoms with Crippen molar-refractivity contribution in [2.45, 2.75) is 0 Å². The van der Waals surface area contributed by atoms with Crippen molar-refractivity contribution in [2.75, 3.05) is 0 Å². The molecule has 0 saturated heterocycles. The highest BCUT2D eigenvalue weighted by atomic mass is 15.0. The Morgan fingerprint density at radius 3 is 1.55 bits per heavy atom. The van der Waals surface area contributed by atoms with Crippen molar-refractivity contribution in [1.29, 1.82) is 0 Å². The second-order valence-electron chi connectivity index (χ2n) is 13.7. The summed E-state index contributed by atoms with van der Waals surface area (Å²) in [6.45, 7) is 0. The zero-order valence-electron chi connectivity index (χ0n) is 28.7. The molecule has 0 saturated carbocycles. The lowest BCUT2D eigenvalue weighted by atomic mass is 9.95. The van der Waals surface area contributed by atoms with Crippen LogP contribution in [-0.4, -0.2) is 14.5 Å². The lowest BCUT2D eigenvalue weighted by Gasteiger charge is -2.17. The van der Waals surface area contributed by atoms with E-state index in [9.17, 15) is 0 Å². The molecule has 0 N–H and O–H groups in total. The van der Waals surface area contributed by atoms with Gasteiger partial charge in [-0.25, -0.2) is 9.97 Å². The van der Waals surface area contributed by atoms with Gasteiger partial charge < -0.3 is 4.57 Å². The normalized spacial score (nSPS) is 11.8. The zero-order chi connectivity index (χ0) is 34.9. The molecule has 0 fully saturated rings. The molecule has 11 rings (SSSR count). The van der Waals surface area contributed by atoms with Crippen LogP contribution in [-0.2, 0) is 0 Å². The lowest BCUT2D eigenvalue weighted by molar-refractivity contribution is 1.20. The monoisotopic (exact) mass is 673 g/mol. The zero-order valence-corrected chi connectivity index (χ0v) is 28.7. The Morgan fingerprint density at radius 2 is 0.868 bits per heavy atom. The van der Waals surface area contributed by atoms with Gasteiger partial charge in [-0.1, -0.05) is 146 Å². The third-order valence-electron chi connectivity index (χ3n) is 10.8. The maximum absolute atomic E-state index is 5.37. The molecule has 0 bridgehead atoms. The van der Waals surface area contributed by atoms with Gasteiger partial charge in [0, 0.05) is 27.3 Å². The highest BCUT2D eigenvalue weighted by Gasteiger charge is 2.21. The average Bonchev–Trinajstić information content (AvgIpc) is 3.58. The van der Waals surface area contributed by atoms with E-state index in [4.69, 9.17) is 9.97 Å². The number of hydrogen-bond acceptors (Lipinski definition) is 2. The molecule has 0 unspecified atom stereocenters. The van der Waals surface area contributed by atoms with Crippen LogP contribution < -0.4 is 0 Å². The minimum atomic E-state index is 0.870. The fourth-order valence-corrected chi connectivity index (χ4v) is 8.36. The summed E-state index contributed by atoms with van der Waals surface area (Å²) in [6, 6.07) is 67.2. The maximum Gasteiger partial charge on any atom is 0.0979 e. The van der Waals surface area contributed by atoms with Gasteiger partial charge in [0.25, 0.3) is 0 Å². The van der Waals surface area contributed by atoms with Gasteiger partial charge in [-0.2, -0.15) is 0 Å². The van der Waals surface area contributed by atoms with Gasteiger partial charge in [-0.05, 0) is 80.5 Å². The molecule has 0 spiro atoms. The third kappa shape index (κ3) is 4.61. The predicted octanol–water partition coefficient (Wildman–Crippen LogP) is 13.2. The van der Waals surface area contributed by atoms with Crippen LogP contribution in [0, 0.1) is 0 Å². The summed E-state index contributed by atoms with van der Waals surface area (Å²) in [4.78, 5) is 10.7. The molecule has 11 aromatic rings. The van der Waals surface area contributed by atoms with Crippen LogP contribution in [0.2, 0.25) is 0 Å². The second kappa shape index (κ2) is 11.7. The van der Waals surface area contributed by atoms with E-state index in [1.54, 1.807) is 0 Å². The molecule has 246 valence electrons. The standard InChI is InChI=1S/C50H31N3/c1-2-13-32(14-3-1)35-17-12-18-36(31-35)49-50(52-43-24-11-10-23-42(43)51-49)41-27-30-44(40-22-9-8-21-39(40)41)53-45-28-25-33-15-4-6-19-37(33)47(45)48-38-20-7-5-16-34(38)26-29-46(48)53/h1-31H. The van der Waals surface area contributed by atoms with Crippen molar-refractivity contribution < 1.29 is 0 Å². The summed E-state index contributed by atoms with van der Waals surface area (Å²) in [5.41, 5.74) is 11.4. The molecular weight excluding hydrogens is 643 g/mol. The van der Waals surface area contributed by atoms with Crippen molar-refractivity contribution in [3.8, 4) is 39.3 Å². The topological polar surface area (TPSA) is 30.7 Å². The Balaban J connectivity index is 1.20. The molecule has 2 aromatic heterocycles. The van der Waals surface area contributed by atoms with Crippen LogP contribution in [0.1, 0.15) is 0 Å². The molecule has 0 aliphatic heterocycles. The number of fused-ring (bicyclic) bond motifs is 9. The minimum absolute atomic E-state index is 0.870. The summed E-state index contributed by atoms with van der Waals surface area (Å²) >= 11 is 0. The summed E-state index contributed by atoms with van der Waals surface area (Å²) in [5, 5.41) is 9.86. The van der Waals surface area contributed by atoms with Crippen LogP contribution in [0.3, 0.4) is 0 Å². The fraction of sp³-hybridized carbons (Fsp3) is 0. The van der Waals surface area contributed by atoms with E-state index in [0.717, 1.165) is 55.6 Å². The first-order valence-electron chi connectivity index (χ1n) is 18.1. The SMILES string of the molecule is c1ccc(-c2cccc(-c3nc4ccccc4nc3-c3ccc(-n4c5ccc6ccccc6c5c5c6ccccc6ccc54)c4ccccc34)c2)cc1. The summed E-state index contributed by atoms with van der Waals surface area (Å²) in [6.07, 6.45) is 0. The summed E-state index contributed by atoms with van der Waals surface area (Å²) in [5.74, 6) is 0. The molecule has 53 heavy (non-hydrogen) atoms. The van der Waals surface area contributed by atoms with Crippen LogP contribution in [0.25, 0.3) is 104 Å². The Hall–Kier alpha value is -7.10. The van der Waals surface area contributed by atoms with E-state index in [1.165, 1.54) is 48.9 Å². The maximum atomic E-state index is 5.37. The van der Waals surface area contributed by atoms with Crippen molar-refractivity contribution in [2.24, 2.45) is 0 Å². The van der Waals surface area contributed by atoms with Gasteiger partial charge in [-0.15, -0.1) is 0 Å². The summed E-state index contributed by atoms with van der Waals surface area (Å²) < 4.78 is 2.46. The largest absolute Gasteiger partial charge is 0.309 e. The first kappa shape index (κ1) is 29.6. The molecule has 3 nitrogen and oxygen atoms in total. The Morgan fingerprint density at radius 1 is 0.340 bits per heavy atom. The van der Waals surface area contributed by atoms with Crippen LogP contribution in [0.15, 0.2) is 188 Å². The molecule has 0 aliphatic carbocycles. The van der Waals surface area contributed by atoms with E-state index in [1.807, 2.05) is 18.2 Å². The molecule has 0 amide bonds. The molecule has 0 radical (unpaired) electrons. The predicted molar refractivity (Wildman–Crippen MR) is 223 cm³/mol. The minimum Gasteiger partial charge on any atom is -0.309 e. The van der Waals surface area contributed by atoms with Gasteiger partial charge in [0.2, 0.25) is 0 Å². The molecule has 9 aromatic carbocycles. The first-order valence-corrected chi connectivity index (χ1v) is 18.1. The number of nitrogens with zero attached hydrogens (tertiary/aromatic N) is 3. The molecule has 0 aliphatic rings. The summed E-state index contributed by atoms with van der Waals surface area (Å²) in [7, 11) is 0. The van der Waals surface area contributed by atoms with E-state index in [-0.39, 0.29) is 0 Å². The number of para-hydroxylation sites is 2. The number of rotatable bonds is 4. The number of aromatic nitrogens is 3. The van der Waals surface area contributed by atoms with Gasteiger partial charge >= 0.3 is 0 Å². The molecule has 0 atom stereocenters. The quantitative estimate of drug-likeness (QED) is 0.186. The third-order valence-corrected chi connectivity index (χ3v) is 10.8. The number of benzene rings is 9. The van der Waals surface area contributed by atoms with Crippen molar-refractivity contribution in [3.63, 3.8) is 0 Å². The average molecular weight is 674 g/mol.